The number of esters is 1. The fourth-order valence-electron chi connectivity index (χ4n) is 2.38. The van der Waals surface area contributed by atoms with E-state index >= 15 is 0 Å². The van der Waals surface area contributed by atoms with E-state index in [0.717, 1.165) is 25.7 Å². The Bertz CT molecular complexity index is 607. The first-order valence-electron chi connectivity index (χ1n) is 6.44. The minimum Gasteiger partial charge on any atom is -0.465 e. The van der Waals surface area contributed by atoms with Crippen LogP contribution in [0.1, 0.15) is 36.0 Å². The summed E-state index contributed by atoms with van der Waals surface area (Å²) in [6.45, 7) is 0. The van der Waals surface area contributed by atoms with Crippen molar-refractivity contribution >= 4 is 21.7 Å². The fraction of sp³-hybridized carbons (Fsp3) is 0.462. The average Bonchev–Trinajstić information content (AvgIpc) is 2.89. The van der Waals surface area contributed by atoms with Gasteiger partial charge in [-0.2, -0.15) is 0 Å². The molecule has 0 saturated heterocycles. The van der Waals surface area contributed by atoms with Crippen LogP contribution in [-0.4, -0.2) is 27.5 Å². The summed E-state index contributed by atoms with van der Waals surface area (Å²) >= 11 is 0. The van der Waals surface area contributed by atoms with Crippen molar-refractivity contribution in [3.05, 3.63) is 23.8 Å². The lowest BCUT2D eigenvalue weighted by Gasteiger charge is -2.15. The van der Waals surface area contributed by atoms with Gasteiger partial charge in [0.25, 0.3) is 0 Å². The zero-order valence-corrected chi connectivity index (χ0v) is 12.1. The molecule has 1 aliphatic rings. The van der Waals surface area contributed by atoms with Gasteiger partial charge in [-0.3, -0.25) is 0 Å². The van der Waals surface area contributed by atoms with Crippen LogP contribution in [0.4, 0.5) is 5.69 Å². The molecule has 0 amide bonds. The Morgan fingerprint density at radius 1 is 1.35 bits per heavy atom. The van der Waals surface area contributed by atoms with Crippen LogP contribution in [0, 0.1) is 0 Å². The van der Waals surface area contributed by atoms with Gasteiger partial charge in [-0.1, -0.05) is 12.8 Å². The first-order chi connectivity index (χ1) is 9.44. The van der Waals surface area contributed by atoms with Crippen LogP contribution in [0.3, 0.4) is 0 Å². The molecule has 3 N–H and O–H groups in total. The van der Waals surface area contributed by atoms with Gasteiger partial charge in [0.1, 0.15) is 0 Å². The Balaban J connectivity index is 2.37. The van der Waals surface area contributed by atoms with Crippen molar-refractivity contribution in [3.63, 3.8) is 0 Å². The van der Waals surface area contributed by atoms with Gasteiger partial charge in [0.15, 0.2) is 0 Å². The smallest absolute Gasteiger partial charge is 0.339 e. The van der Waals surface area contributed by atoms with Gasteiger partial charge < -0.3 is 10.5 Å². The third kappa shape index (κ3) is 3.10. The lowest BCUT2D eigenvalue weighted by Crippen LogP contribution is -2.33. The third-order valence-electron chi connectivity index (χ3n) is 3.38. The van der Waals surface area contributed by atoms with Gasteiger partial charge >= 0.3 is 5.97 Å². The van der Waals surface area contributed by atoms with Gasteiger partial charge in [0.05, 0.1) is 17.6 Å². The Labute approximate surface area is 118 Å². The van der Waals surface area contributed by atoms with E-state index in [1.54, 1.807) is 0 Å². The van der Waals surface area contributed by atoms with Crippen molar-refractivity contribution < 1.29 is 17.9 Å². The van der Waals surface area contributed by atoms with Gasteiger partial charge in [-0.05, 0) is 31.0 Å². The van der Waals surface area contributed by atoms with Gasteiger partial charge in [-0.25, -0.2) is 17.9 Å². The molecule has 1 saturated carbocycles. The maximum absolute atomic E-state index is 12.4. The zero-order valence-electron chi connectivity index (χ0n) is 11.3. The number of hydrogen-bond donors (Lipinski definition) is 2. The van der Waals surface area contributed by atoms with Crippen LogP contribution in [0.5, 0.6) is 0 Å². The Morgan fingerprint density at radius 2 is 2.00 bits per heavy atom. The molecule has 20 heavy (non-hydrogen) atoms. The van der Waals surface area contributed by atoms with E-state index < -0.39 is 16.0 Å². The number of nitrogen functional groups attached to an aromatic ring is 1. The molecule has 0 aromatic heterocycles. The third-order valence-corrected chi connectivity index (χ3v) is 4.95. The summed E-state index contributed by atoms with van der Waals surface area (Å²) in [6.07, 6.45) is 3.67. The summed E-state index contributed by atoms with van der Waals surface area (Å²) in [5, 5.41) is 0. The van der Waals surface area contributed by atoms with Crippen LogP contribution in [0.15, 0.2) is 23.1 Å². The first kappa shape index (κ1) is 14.8. The highest BCUT2D eigenvalue weighted by atomic mass is 32.2. The normalized spacial score (nSPS) is 16.2. The number of nitrogens with one attached hydrogen (secondary N) is 1. The summed E-state index contributed by atoms with van der Waals surface area (Å²) in [5.74, 6) is -0.718. The van der Waals surface area contributed by atoms with E-state index in [2.05, 4.69) is 9.46 Å². The summed E-state index contributed by atoms with van der Waals surface area (Å²) in [6, 6.07) is 4.03. The average molecular weight is 298 g/mol. The molecule has 0 aliphatic heterocycles. The summed E-state index contributed by atoms with van der Waals surface area (Å²) < 4.78 is 32.0. The number of carbonyl (C=O) groups excluding carboxylic acids is 1. The van der Waals surface area contributed by atoms with E-state index in [-0.39, 0.29) is 16.5 Å². The number of anilines is 1. The molecule has 7 heteroatoms. The molecule has 1 aromatic carbocycles. The van der Waals surface area contributed by atoms with Crippen molar-refractivity contribution in [2.24, 2.45) is 0 Å². The zero-order chi connectivity index (χ0) is 14.8. The Hall–Kier alpha value is -1.60. The topological polar surface area (TPSA) is 98.5 Å². The molecule has 0 atom stereocenters. The quantitative estimate of drug-likeness (QED) is 0.644. The maximum Gasteiger partial charge on any atom is 0.339 e. The number of sulfonamides is 1. The lowest BCUT2D eigenvalue weighted by molar-refractivity contribution is 0.0596. The molecule has 0 heterocycles. The van der Waals surface area contributed by atoms with Crippen molar-refractivity contribution in [2.75, 3.05) is 12.8 Å². The molecular formula is C13H18N2O4S. The fourth-order valence-corrected chi connectivity index (χ4v) is 3.86. The highest BCUT2D eigenvalue weighted by Crippen LogP contribution is 2.23. The molecule has 1 aromatic rings. The standard InChI is InChI=1S/C13H18N2O4S/c1-19-13(16)11-8-9(14)6-7-12(11)20(17,18)15-10-4-2-3-5-10/h6-8,10,15H,2-5,14H2,1H3. The second-order valence-electron chi connectivity index (χ2n) is 4.85. The summed E-state index contributed by atoms with van der Waals surface area (Å²) in [7, 11) is -2.55. The van der Waals surface area contributed by atoms with E-state index in [0.29, 0.717) is 5.69 Å². The van der Waals surface area contributed by atoms with Crippen LogP contribution < -0.4 is 10.5 Å². The minimum absolute atomic E-state index is 0.0435. The molecule has 0 spiro atoms. The molecule has 0 radical (unpaired) electrons. The van der Waals surface area contributed by atoms with Crippen molar-refractivity contribution in [3.8, 4) is 0 Å². The Morgan fingerprint density at radius 3 is 2.60 bits per heavy atom. The SMILES string of the molecule is COC(=O)c1cc(N)ccc1S(=O)(=O)NC1CCCC1. The monoisotopic (exact) mass is 298 g/mol. The van der Waals surface area contributed by atoms with Crippen molar-refractivity contribution in [2.45, 2.75) is 36.6 Å². The molecule has 0 bridgehead atoms. The highest BCUT2D eigenvalue weighted by Gasteiger charge is 2.27. The predicted octanol–water partition coefficient (Wildman–Crippen LogP) is 1.28. The van der Waals surface area contributed by atoms with Gasteiger partial charge in [-0.15, -0.1) is 0 Å². The lowest BCUT2D eigenvalue weighted by atomic mass is 10.2. The van der Waals surface area contributed by atoms with Crippen LogP contribution >= 0.6 is 0 Å². The second-order valence-corrected chi connectivity index (χ2v) is 6.53. The van der Waals surface area contributed by atoms with Gasteiger partial charge in [0.2, 0.25) is 10.0 Å². The molecule has 6 nitrogen and oxygen atoms in total. The van der Waals surface area contributed by atoms with Gasteiger partial charge in [0, 0.05) is 11.7 Å². The largest absolute Gasteiger partial charge is 0.465 e. The number of hydrogen-bond acceptors (Lipinski definition) is 5. The van der Waals surface area contributed by atoms with E-state index in [4.69, 9.17) is 5.73 Å². The molecular weight excluding hydrogens is 280 g/mol. The number of nitrogens with two attached hydrogens (primary N) is 1. The molecule has 1 fully saturated rings. The summed E-state index contributed by atoms with van der Waals surface area (Å²) in [4.78, 5) is 11.6. The number of benzene rings is 1. The second kappa shape index (κ2) is 5.80. The first-order valence-corrected chi connectivity index (χ1v) is 7.92. The maximum atomic E-state index is 12.4. The number of carbonyl (C=O) groups is 1. The van der Waals surface area contributed by atoms with Crippen LogP contribution in [0.2, 0.25) is 0 Å². The molecule has 1 aliphatic carbocycles. The van der Waals surface area contributed by atoms with E-state index in [9.17, 15) is 13.2 Å². The molecule has 2 rings (SSSR count). The molecule has 110 valence electrons. The van der Waals surface area contributed by atoms with Crippen LogP contribution in [0.25, 0.3) is 0 Å². The number of ether oxygens (including phenoxy) is 1. The predicted molar refractivity (Wildman–Crippen MR) is 74.8 cm³/mol. The minimum atomic E-state index is -3.75. The van der Waals surface area contributed by atoms with Crippen molar-refractivity contribution in [1.29, 1.82) is 0 Å². The molecule has 0 unspecified atom stereocenters. The van der Waals surface area contributed by atoms with Crippen LogP contribution in [-0.2, 0) is 14.8 Å². The highest BCUT2D eigenvalue weighted by molar-refractivity contribution is 7.89. The van der Waals surface area contributed by atoms with Crippen molar-refractivity contribution in [1.82, 2.24) is 4.72 Å². The number of methoxy groups -OCH3 is 1. The Kier molecular flexibility index (Phi) is 4.29. The summed E-state index contributed by atoms with van der Waals surface area (Å²) in [5.41, 5.74) is 5.87. The van der Waals surface area contributed by atoms with E-state index in [1.165, 1.54) is 25.3 Å². The number of rotatable bonds is 4. The van der Waals surface area contributed by atoms with E-state index in [1.807, 2.05) is 0 Å².